The molecule has 2 nitrogen and oxygen atoms in total. The first kappa shape index (κ1) is 16.8. The normalized spacial score (nSPS) is 15.6. The van der Waals surface area contributed by atoms with Gasteiger partial charge in [-0.1, -0.05) is 47.5 Å². The molecule has 0 aromatic heterocycles. The highest BCUT2D eigenvalue weighted by Gasteiger charge is 2.14. The van der Waals surface area contributed by atoms with Crippen LogP contribution < -0.4 is 0 Å². The molecule has 1 heterocycles. The Morgan fingerprint density at radius 1 is 1.04 bits per heavy atom. The summed E-state index contributed by atoms with van der Waals surface area (Å²) in [5.41, 5.74) is 2.36. The van der Waals surface area contributed by atoms with Crippen LogP contribution in [0.2, 0.25) is 10.0 Å². The van der Waals surface area contributed by atoms with Gasteiger partial charge in [-0.2, -0.15) is 11.8 Å². The Balaban J connectivity index is 1.72. The number of thioether (sulfide) groups is 1. The van der Waals surface area contributed by atoms with Crippen LogP contribution in [0.3, 0.4) is 0 Å². The molecule has 1 aliphatic rings. The third-order valence-electron chi connectivity index (χ3n) is 3.90. The highest BCUT2D eigenvalue weighted by Crippen LogP contribution is 2.24. The van der Waals surface area contributed by atoms with Crippen molar-refractivity contribution in [2.45, 2.75) is 6.54 Å². The lowest BCUT2D eigenvalue weighted by Gasteiger charge is -2.26. The lowest BCUT2D eigenvalue weighted by Crippen LogP contribution is -2.31. The zero-order chi connectivity index (χ0) is 16.2. The molecule has 0 atom stereocenters. The fourth-order valence-corrected chi connectivity index (χ4v) is 4.08. The molecule has 1 fully saturated rings. The average molecular weight is 366 g/mol. The maximum absolute atomic E-state index is 12.5. The summed E-state index contributed by atoms with van der Waals surface area (Å²) < 4.78 is 0. The van der Waals surface area contributed by atoms with Gasteiger partial charge in [-0.3, -0.25) is 9.69 Å². The van der Waals surface area contributed by atoms with Crippen molar-refractivity contribution in [3.05, 3.63) is 69.2 Å². The average Bonchev–Trinajstić information content (AvgIpc) is 2.56. The third-order valence-corrected chi connectivity index (χ3v) is 5.39. The summed E-state index contributed by atoms with van der Waals surface area (Å²) >= 11 is 14.0. The number of halogens is 2. The van der Waals surface area contributed by atoms with Crippen LogP contribution in [0, 0.1) is 0 Å². The molecule has 2 aromatic carbocycles. The predicted octanol–water partition coefficient (Wildman–Crippen LogP) is 4.77. The van der Waals surface area contributed by atoms with E-state index in [1.165, 1.54) is 17.1 Å². The van der Waals surface area contributed by atoms with Crippen molar-refractivity contribution in [2.75, 3.05) is 24.6 Å². The second kappa shape index (κ2) is 7.71. The minimum atomic E-state index is -0.0763. The lowest BCUT2D eigenvalue weighted by molar-refractivity contribution is 0.103. The molecule has 0 saturated carbocycles. The zero-order valence-electron chi connectivity index (χ0n) is 12.6. The Kier molecular flexibility index (Phi) is 5.65. The molecule has 0 N–H and O–H groups in total. The number of benzene rings is 2. The van der Waals surface area contributed by atoms with E-state index in [9.17, 15) is 4.79 Å². The Hall–Kier alpha value is -1.000. The Bertz CT molecular complexity index is 697. The third kappa shape index (κ3) is 4.30. The molecule has 0 aliphatic carbocycles. The number of carbonyl (C=O) groups is 1. The summed E-state index contributed by atoms with van der Waals surface area (Å²) in [6.07, 6.45) is 0. The van der Waals surface area contributed by atoms with E-state index in [0.29, 0.717) is 21.2 Å². The summed E-state index contributed by atoms with van der Waals surface area (Å²) in [5.74, 6) is 2.32. The molecule has 0 spiro atoms. The van der Waals surface area contributed by atoms with Gasteiger partial charge in [-0.05, 0) is 23.8 Å². The van der Waals surface area contributed by atoms with Gasteiger partial charge in [0.05, 0.1) is 5.02 Å². The standard InChI is InChI=1S/C18H17Cl2NOS/c19-15-5-6-16(17(20)11-15)18(22)14-3-1-13(2-4-14)12-21-7-9-23-10-8-21/h1-6,11H,7-10,12H2. The molecule has 5 heteroatoms. The maximum atomic E-state index is 12.5. The maximum Gasteiger partial charge on any atom is 0.194 e. The van der Waals surface area contributed by atoms with Crippen molar-refractivity contribution >= 4 is 40.7 Å². The first-order valence-corrected chi connectivity index (χ1v) is 9.43. The summed E-state index contributed by atoms with van der Waals surface area (Å²) in [5, 5.41) is 0.916. The highest BCUT2D eigenvalue weighted by atomic mass is 35.5. The van der Waals surface area contributed by atoms with Crippen LogP contribution in [-0.2, 0) is 6.54 Å². The van der Waals surface area contributed by atoms with Gasteiger partial charge in [-0.25, -0.2) is 0 Å². The van der Waals surface area contributed by atoms with E-state index in [2.05, 4.69) is 4.90 Å². The van der Waals surface area contributed by atoms with Gasteiger partial charge < -0.3 is 0 Å². The van der Waals surface area contributed by atoms with Crippen LogP contribution in [0.1, 0.15) is 21.5 Å². The second-order valence-corrected chi connectivity index (χ2v) is 7.61. The van der Waals surface area contributed by atoms with E-state index in [4.69, 9.17) is 23.2 Å². The van der Waals surface area contributed by atoms with Crippen LogP contribution in [0.25, 0.3) is 0 Å². The number of ketones is 1. The molecular weight excluding hydrogens is 349 g/mol. The molecule has 1 aliphatic heterocycles. The highest BCUT2D eigenvalue weighted by molar-refractivity contribution is 7.99. The first-order chi connectivity index (χ1) is 11.1. The second-order valence-electron chi connectivity index (χ2n) is 5.54. The molecular formula is C18H17Cl2NOS. The van der Waals surface area contributed by atoms with Gasteiger partial charge in [0.25, 0.3) is 0 Å². The monoisotopic (exact) mass is 365 g/mol. The number of nitrogens with zero attached hydrogens (tertiary/aromatic N) is 1. The fourth-order valence-electron chi connectivity index (χ4n) is 2.61. The van der Waals surface area contributed by atoms with Crippen LogP contribution in [0.5, 0.6) is 0 Å². The predicted molar refractivity (Wildman–Crippen MR) is 98.9 cm³/mol. The Morgan fingerprint density at radius 2 is 1.74 bits per heavy atom. The molecule has 0 bridgehead atoms. The van der Waals surface area contributed by atoms with E-state index in [-0.39, 0.29) is 5.78 Å². The minimum Gasteiger partial charge on any atom is -0.297 e. The lowest BCUT2D eigenvalue weighted by atomic mass is 10.0. The summed E-state index contributed by atoms with van der Waals surface area (Å²) in [7, 11) is 0. The van der Waals surface area contributed by atoms with Crippen molar-refractivity contribution in [1.82, 2.24) is 4.90 Å². The SMILES string of the molecule is O=C(c1ccc(CN2CCSCC2)cc1)c1ccc(Cl)cc1Cl. The molecule has 0 radical (unpaired) electrons. The Labute approximate surface area is 150 Å². The number of rotatable bonds is 4. The van der Waals surface area contributed by atoms with Crippen LogP contribution in [0.4, 0.5) is 0 Å². The molecule has 0 amide bonds. The number of hydrogen-bond acceptors (Lipinski definition) is 3. The zero-order valence-corrected chi connectivity index (χ0v) is 14.9. The van der Waals surface area contributed by atoms with Crippen molar-refractivity contribution < 1.29 is 4.79 Å². The molecule has 0 unspecified atom stereocenters. The van der Waals surface area contributed by atoms with Gasteiger partial charge in [-0.15, -0.1) is 0 Å². The van der Waals surface area contributed by atoms with Crippen LogP contribution in [-0.4, -0.2) is 35.3 Å². The van der Waals surface area contributed by atoms with Gasteiger partial charge in [0, 0.05) is 47.3 Å². The molecule has 120 valence electrons. The number of carbonyl (C=O) groups excluding carboxylic acids is 1. The topological polar surface area (TPSA) is 20.3 Å². The quantitative estimate of drug-likeness (QED) is 0.727. The van der Waals surface area contributed by atoms with Gasteiger partial charge >= 0.3 is 0 Å². The van der Waals surface area contributed by atoms with E-state index in [1.807, 2.05) is 36.0 Å². The molecule has 1 saturated heterocycles. The first-order valence-electron chi connectivity index (χ1n) is 7.52. The van der Waals surface area contributed by atoms with Crippen molar-refractivity contribution in [1.29, 1.82) is 0 Å². The Morgan fingerprint density at radius 3 is 2.39 bits per heavy atom. The number of hydrogen-bond donors (Lipinski definition) is 0. The molecule has 3 rings (SSSR count). The van der Waals surface area contributed by atoms with Gasteiger partial charge in [0.2, 0.25) is 0 Å². The van der Waals surface area contributed by atoms with E-state index < -0.39 is 0 Å². The van der Waals surface area contributed by atoms with Crippen LogP contribution in [0.15, 0.2) is 42.5 Å². The fraction of sp³-hybridized carbons (Fsp3) is 0.278. The summed E-state index contributed by atoms with van der Waals surface area (Å²) in [4.78, 5) is 15.0. The summed E-state index contributed by atoms with van der Waals surface area (Å²) in [6, 6.07) is 12.8. The molecule has 2 aromatic rings. The van der Waals surface area contributed by atoms with Crippen molar-refractivity contribution in [2.24, 2.45) is 0 Å². The van der Waals surface area contributed by atoms with Gasteiger partial charge in [0.1, 0.15) is 0 Å². The van der Waals surface area contributed by atoms with Crippen molar-refractivity contribution in [3.8, 4) is 0 Å². The smallest absolute Gasteiger partial charge is 0.194 e. The summed E-state index contributed by atoms with van der Waals surface area (Å²) in [6.45, 7) is 3.20. The van der Waals surface area contributed by atoms with Crippen LogP contribution >= 0.6 is 35.0 Å². The largest absolute Gasteiger partial charge is 0.297 e. The van der Waals surface area contributed by atoms with Gasteiger partial charge in [0.15, 0.2) is 5.78 Å². The minimum absolute atomic E-state index is 0.0763. The van der Waals surface area contributed by atoms with E-state index >= 15 is 0 Å². The van der Waals surface area contributed by atoms with E-state index in [0.717, 1.165) is 19.6 Å². The van der Waals surface area contributed by atoms with E-state index in [1.54, 1.807) is 18.2 Å². The molecule has 23 heavy (non-hydrogen) atoms. The van der Waals surface area contributed by atoms with Crippen molar-refractivity contribution in [3.63, 3.8) is 0 Å².